The number of hydrogen-bond donors (Lipinski definition) is 0. The van der Waals surface area contributed by atoms with E-state index >= 15 is 0 Å². The molecule has 1 amide bonds. The summed E-state index contributed by atoms with van der Waals surface area (Å²) in [7, 11) is 1.59. The SMILES string of the molecule is COc1ccc(Br)c(C(=O)N2CC3(C2)OCc2nc(C4CC4)ncc23)c1. The van der Waals surface area contributed by atoms with Crippen molar-refractivity contribution in [1.29, 1.82) is 0 Å². The highest BCUT2D eigenvalue weighted by Gasteiger charge is 2.53. The van der Waals surface area contributed by atoms with Crippen molar-refractivity contribution in [3.63, 3.8) is 0 Å². The van der Waals surface area contributed by atoms with E-state index in [1.54, 1.807) is 18.1 Å². The molecule has 1 aromatic heterocycles. The summed E-state index contributed by atoms with van der Waals surface area (Å²) >= 11 is 3.46. The van der Waals surface area contributed by atoms with Gasteiger partial charge in [0.15, 0.2) is 0 Å². The van der Waals surface area contributed by atoms with Crippen LogP contribution in [-0.2, 0) is 16.9 Å². The van der Waals surface area contributed by atoms with Crippen molar-refractivity contribution in [2.45, 2.75) is 31.0 Å². The van der Waals surface area contributed by atoms with E-state index in [1.165, 1.54) is 12.8 Å². The van der Waals surface area contributed by atoms with Crippen molar-refractivity contribution in [3.05, 3.63) is 51.5 Å². The van der Waals surface area contributed by atoms with Crippen LogP contribution in [0.5, 0.6) is 5.75 Å². The van der Waals surface area contributed by atoms with Crippen molar-refractivity contribution < 1.29 is 14.3 Å². The van der Waals surface area contributed by atoms with E-state index in [1.807, 2.05) is 18.3 Å². The van der Waals surface area contributed by atoms with E-state index in [2.05, 4.69) is 20.9 Å². The molecule has 2 fully saturated rings. The number of rotatable bonds is 3. The number of fused-ring (bicyclic) bond motifs is 2. The van der Waals surface area contributed by atoms with Gasteiger partial charge < -0.3 is 14.4 Å². The zero-order valence-electron chi connectivity index (χ0n) is 14.4. The average molecular weight is 416 g/mol. The maximum Gasteiger partial charge on any atom is 0.255 e. The molecule has 1 saturated heterocycles. The van der Waals surface area contributed by atoms with Gasteiger partial charge in [-0.2, -0.15) is 0 Å². The van der Waals surface area contributed by atoms with E-state index in [4.69, 9.17) is 14.5 Å². The third kappa shape index (κ3) is 2.45. The molecule has 3 aliphatic rings. The van der Waals surface area contributed by atoms with E-state index < -0.39 is 5.60 Å². The Labute approximate surface area is 159 Å². The van der Waals surface area contributed by atoms with Crippen molar-refractivity contribution in [3.8, 4) is 5.75 Å². The average Bonchev–Trinajstić information content (AvgIpc) is 3.40. The molecule has 1 spiro atoms. The van der Waals surface area contributed by atoms with Gasteiger partial charge in [-0.3, -0.25) is 4.79 Å². The first kappa shape index (κ1) is 16.2. The molecule has 5 rings (SSSR count). The smallest absolute Gasteiger partial charge is 0.255 e. The minimum atomic E-state index is -0.446. The summed E-state index contributed by atoms with van der Waals surface area (Å²) in [6.45, 7) is 1.55. The number of nitrogens with zero attached hydrogens (tertiary/aromatic N) is 3. The number of amides is 1. The van der Waals surface area contributed by atoms with Gasteiger partial charge in [-0.1, -0.05) is 0 Å². The van der Waals surface area contributed by atoms with E-state index in [0.717, 1.165) is 21.6 Å². The molecule has 3 heterocycles. The number of methoxy groups -OCH3 is 1. The zero-order valence-corrected chi connectivity index (χ0v) is 16.0. The first-order valence-electron chi connectivity index (χ1n) is 8.73. The molecule has 2 aliphatic heterocycles. The lowest BCUT2D eigenvalue weighted by atomic mass is 9.87. The standard InChI is InChI=1S/C19H18BrN3O3/c1-25-12-4-5-15(20)13(6-12)18(24)23-9-19(10-23)14-7-21-17(11-2-3-11)22-16(14)8-26-19/h4-7,11H,2-3,8-10H2,1H3. The van der Waals surface area contributed by atoms with Crippen molar-refractivity contribution in [2.75, 3.05) is 20.2 Å². The molecule has 6 nitrogen and oxygen atoms in total. The third-order valence-corrected chi connectivity index (χ3v) is 6.08. The predicted octanol–water partition coefficient (Wildman–Crippen LogP) is 3.01. The first-order chi connectivity index (χ1) is 12.6. The van der Waals surface area contributed by atoms with Crippen LogP contribution in [0.3, 0.4) is 0 Å². The second-order valence-corrected chi connectivity index (χ2v) is 8.01. The van der Waals surface area contributed by atoms with Crippen LogP contribution in [0.15, 0.2) is 28.9 Å². The topological polar surface area (TPSA) is 64.5 Å². The van der Waals surface area contributed by atoms with Crippen LogP contribution in [0.1, 0.15) is 46.2 Å². The Morgan fingerprint density at radius 3 is 2.92 bits per heavy atom. The van der Waals surface area contributed by atoms with Crippen LogP contribution in [0.2, 0.25) is 0 Å². The maximum absolute atomic E-state index is 12.9. The van der Waals surface area contributed by atoms with Gasteiger partial charge in [0.1, 0.15) is 17.2 Å². The Morgan fingerprint density at radius 2 is 2.19 bits per heavy atom. The summed E-state index contributed by atoms with van der Waals surface area (Å²) in [5.74, 6) is 2.10. The second-order valence-electron chi connectivity index (χ2n) is 7.15. The largest absolute Gasteiger partial charge is 0.497 e. The van der Waals surface area contributed by atoms with Gasteiger partial charge in [0.05, 0.1) is 38.1 Å². The number of carbonyl (C=O) groups is 1. The van der Waals surface area contributed by atoms with Crippen LogP contribution in [0.4, 0.5) is 0 Å². The molecule has 0 atom stereocenters. The van der Waals surface area contributed by atoms with Crippen LogP contribution in [0, 0.1) is 0 Å². The quantitative estimate of drug-likeness (QED) is 0.770. The molecule has 0 bridgehead atoms. The molecule has 2 aromatic rings. The van der Waals surface area contributed by atoms with Crippen LogP contribution in [0.25, 0.3) is 0 Å². The number of carbonyl (C=O) groups excluding carboxylic acids is 1. The normalized spacial score (nSPS) is 20.0. The van der Waals surface area contributed by atoms with Crippen molar-refractivity contribution >= 4 is 21.8 Å². The Bertz CT molecular complexity index is 907. The number of hydrogen-bond acceptors (Lipinski definition) is 5. The molecule has 1 aromatic carbocycles. The number of benzene rings is 1. The van der Waals surface area contributed by atoms with Crippen molar-refractivity contribution in [1.82, 2.24) is 14.9 Å². The van der Waals surface area contributed by atoms with Crippen LogP contribution in [-0.4, -0.2) is 41.0 Å². The highest BCUT2D eigenvalue weighted by molar-refractivity contribution is 9.10. The van der Waals surface area contributed by atoms with Crippen LogP contribution >= 0.6 is 15.9 Å². The summed E-state index contributed by atoms with van der Waals surface area (Å²) < 4.78 is 12.1. The van der Waals surface area contributed by atoms with Gasteiger partial charge >= 0.3 is 0 Å². The minimum absolute atomic E-state index is 0.0334. The maximum atomic E-state index is 12.9. The predicted molar refractivity (Wildman–Crippen MR) is 97.1 cm³/mol. The fourth-order valence-corrected chi connectivity index (χ4v) is 4.10. The van der Waals surface area contributed by atoms with Gasteiger partial charge in [0.25, 0.3) is 5.91 Å². The van der Waals surface area contributed by atoms with Gasteiger partial charge in [0, 0.05) is 22.2 Å². The number of aromatic nitrogens is 2. The highest BCUT2D eigenvalue weighted by atomic mass is 79.9. The Balaban J connectivity index is 1.36. The summed E-state index contributed by atoms with van der Waals surface area (Å²) in [5.41, 5.74) is 2.17. The zero-order chi connectivity index (χ0) is 17.9. The molecule has 0 N–H and O–H groups in total. The summed E-state index contributed by atoms with van der Waals surface area (Å²) in [6.07, 6.45) is 4.28. The molecule has 1 saturated carbocycles. The Morgan fingerprint density at radius 1 is 1.38 bits per heavy atom. The lowest BCUT2D eigenvalue weighted by Gasteiger charge is -2.47. The fourth-order valence-electron chi connectivity index (χ4n) is 3.69. The van der Waals surface area contributed by atoms with Crippen molar-refractivity contribution in [2.24, 2.45) is 0 Å². The van der Waals surface area contributed by atoms with Gasteiger partial charge in [-0.15, -0.1) is 0 Å². The Kier molecular flexibility index (Phi) is 3.59. The minimum Gasteiger partial charge on any atom is -0.497 e. The lowest BCUT2D eigenvalue weighted by Crippen LogP contribution is -2.61. The number of halogens is 1. The summed E-state index contributed by atoms with van der Waals surface area (Å²) in [5, 5.41) is 0. The molecule has 134 valence electrons. The van der Waals surface area contributed by atoms with Gasteiger partial charge in [-0.05, 0) is 47.0 Å². The molecule has 7 heteroatoms. The molecule has 26 heavy (non-hydrogen) atoms. The highest BCUT2D eigenvalue weighted by Crippen LogP contribution is 2.45. The van der Waals surface area contributed by atoms with Gasteiger partial charge in [0.2, 0.25) is 0 Å². The van der Waals surface area contributed by atoms with E-state index in [9.17, 15) is 4.79 Å². The molecular formula is C19H18BrN3O3. The monoisotopic (exact) mass is 415 g/mol. The van der Waals surface area contributed by atoms with E-state index in [0.29, 0.717) is 36.9 Å². The molecule has 0 unspecified atom stereocenters. The third-order valence-electron chi connectivity index (χ3n) is 5.39. The fraction of sp³-hybridized carbons (Fsp3) is 0.421. The summed E-state index contributed by atoms with van der Waals surface area (Å²) in [6, 6.07) is 5.41. The van der Waals surface area contributed by atoms with Gasteiger partial charge in [-0.25, -0.2) is 9.97 Å². The second kappa shape index (κ2) is 5.76. The number of ether oxygens (including phenoxy) is 2. The summed E-state index contributed by atoms with van der Waals surface area (Å²) in [4.78, 5) is 23.9. The molecule has 1 aliphatic carbocycles. The Hall–Kier alpha value is -1.99. The van der Waals surface area contributed by atoms with E-state index in [-0.39, 0.29) is 5.91 Å². The van der Waals surface area contributed by atoms with Crippen LogP contribution < -0.4 is 4.74 Å². The molecular weight excluding hydrogens is 398 g/mol. The first-order valence-corrected chi connectivity index (χ1v) is 9.52. The molecule has 0 radical (unpaired) electrons. The lowest BCUT2D eigenvalue weighted by molar-refractivity contribution is -0.126. The number of likely N-dealkylation sites (tertiary alicyclic amines) is 1.